The van der Waals surface area contributed by atoms with E-state index in [0.29, 0.717) is 34.8 Å². The van der Waals surface area contributed by atoms with E-state index >= 15 is 0 Å². The molecule has 0 spiro atoms. The molecule has 0 radical (unpaired) electrons. The number of carbonyl (C=O) groups excluding carboxylic acids is 1. The molecule has 25 heavy (non-hydrogen) atoms. The Kier molecular flexibility index (Phi) is 5.94. The maximum absolute atomic E-state index is 12.9. The van der Waals surface area contributed by atoms with Crippen molar-refractivity contribution in [3.05, 3.63) is 64.9 Å². The molecule has 0 fully saturated rings. The van der Waals surface area contributed by atoms with E-state index < -0.39 is 0 Å². The first-order chi connectivity index (χ1) is 12.1. The predicted molar refractivity (Wildman–Crippen MR) is 98.7 cm³/mol. The number of amidine groups is 1. The van der Waals surface area contributed by atoms with Crippen molar-refractivity contribution in [2.75, 3.05) is 19.7 Å². The quantitative estimate of drug-likeness (QED) is 0.790. The van der Waals surface area contributed by atoms with Crippen LogP contribution < -0.4 is 4.74 Å². The maximum atomic E-state index is 12.9. The van der Waals surface area contributed by atoms with Crippen LogP contribution in [0.2, 0.25) is 5.02 Å². The highest BCUT2D eigenvalue weighted by molar-refractivity contribution is 8.13. The molecule has 130 valence electrons. The van der Waals surface area contributed by atoms with Gasteiger partial charge in [0, 0.05) is 17.3 Å². The van der Waals surface area contributed by atoms with Crippen molar-refractivity contribution in [2.45, 2.75) is 5.75 Å². The molecule has 0 aromatic heterocycles. The Bertz CT molecular complexity index is 766. The van der Waals surface area contributed by atoms with Crippen molar-refractivity contribution in [2.24, 2.45) is 4.99 Å². The lowest BCUT2D eigenvalue weighted by Gasteiger charge is -2.18. The highest BCUT2D eigenvalue weighted by atomic mass is 35.5. The maximum Gasteiger partial charge on any atom is 0.266 e. The van der Waals surface area contributed by atoms with Crippen molar-refractivity contribution in [1.29, 1.82) is 0 Å². The van der Waals surface area contributed by atoms with Crippen molar-refractivity contribution < 1.29 is 13.9 Å². The lowest BCUT2D eigenvalue weighted by molar-refractivity contribution is -0.128. The van der Waals surface area contributed by atoms with Gasteiger partial charge in [-0.1, -0.05) is 35.5 Å². The van der Waals surface area contributed by atoms with Crippen molar-refractivity contribution >= 4 is 34.4 Å². The van der Waals surface area contributed by atoms with Gasteiger partial charge < -0.3 is 4.74 Å². The predicted octanol–water partition coefficient (Wildman–Crippen LogP) is 3.99. The summed E-state index contributed by atoms with van der Waals surface area (Å²) in [6, 6.07) is 13.2. The monoisotopic (exact) mass is 378 g/mol. The highest BCUT2D eigenvalue weighted by Crippen LogP contribution is 2.21. The molecule has 0 unspecified atom stereocenters. The van der Waals surface area contributed by atoms with Gasteiger partial charge in [-0.15, -0.1) is 0 Å². The van der Waals surface area contributed by atoms with Gasteiger partial charge in [-0.2, -0.15) is 0 Å². The fraction of sp³-hybridized carbons (Fsp3) is 0.222. The van der Waals surface area contributed by atoms with Gasteiger partial charge in [0.15, 0.2) is 11.8 Å². The van der Waals surface area contributed by atoms with E-state index in [-0.39, 0.29) is 18.3 Å². The minimum Gasteiger partial charge on any atom is -0.484 e. The topological polar surface area (TPSA) is 41.9 Å². The van der Waals surface area contributed by atoms with Crippen LogP contribution in [0.3, 0.4) is 0 Å². The van der Waals surface area contributed by atoms with Gasteiger partial charge in [0.05, 0.1) is 6.54 Å². The van der Waals surface area contributed by atoms with Crippen LogP contribution in [0, 0.1) is 5.82 Å². The van der Waals surface area contributed by atoms with Crippen molar-refractivity contribution in [1.82, 2.24) is 4.90 Å². The van der Waals surface area contributed by atoms with Crippen LogP contribution in [0.5, 0.6) is 5.75 Å². The Morgan fingerprint density at radius 2 is 1.92 bits per heavy atom. The average Bonchev–Trinajstić information content (AvgIpc) is 3.09. The zero-order valence-electron chi connectivity index (χ0n) is 13.3. The first-order valence-corrected chi connectivity index (χ1v) is 9.08. The van der Waals surface area contributed by atoms with Crippen LogP contribution in [0.4, 0.5) is 4.39 Å². The van der Waals surface area contributed by atoms with Crippen molar-refractivity contribution in [3.8, 4) is 5.75 Å². The fourth-order valence-electron chi connectivity index (χ4n) is 2.26. The van der Waals surface area contributed by atoms with Crippen LogP contribution in [-0.2, 0) is 10.5 Å². The Labute approximate surface area is 154 Å². The SMILES string of the molecule is O=C(COc1ccc(Cl)cc1)N1CCN=C1SCc1ccc(F)cc1. The molecular weight excluding hydrogens is 363 g/mol. The second kappa shape index (κ2) is 8.36. The molecule has 7 heteroatoms. The number of rotatable bonds is 5. The van der Waals surface area contributed by atoms with E-state index in [0.717, 1.165) is 5.56 Å². The number of nitrogens with zero attached hydrogens (tertiary/aromatic N) is 2. The van der Waals surface area contributed by atoms with Gasteiger partial charge >= 0.3 is 0 Å². The third kappa shape index (κ3) is 4.96. The van der Waals surface area contributed by atoms with Crippen LogP contribution in [0.1, 0.15) is 5.56 Å². The minimum absolute atomic E-state index is 0.0578. The number of ether oxygens (including phenoxy) is 1. The Morgan fingerprint density at radius 1 is 1.20 bits per heavy atom. The summed E-state index contributed by atoms with van der Waals surface area (Å²) in [6.07, 6.45) is 0. The van der Waals surface area contributed by atoms with Crippen LogP contribution >= 0.6 is 23.4 Å². The van der Waals surface area contributed by atoms with Crippen molar-refractivity contribution in [3.63, 3.8) is 0 Å². The Morgan fingerprint density at radius 3 is 2.64 bits per heavy atom. The molecule has 3 rings (SSSR count). The number of carbonyl (C=O) groups is 1. The first-order valence-electron chi connectivity index (χ1n) is 7.72. The summed E-state index contributed by atoms with van der Waals surface area (Å²) in [4.78, 5) is 18.4. The summed E-state index contributed by atoms with van der Waals surface area (Å²) in [6.45, 7) is 1.07. The zero-order chi connectivity index (χ0) is 17.6. The van der Waals surface area contributed by atoms with Gasteiger partial charge in [-0.3, -0.25) is 14.7 Å². The second-order valence-electron chi connectivity index (χ2n) is 5.37. The third-order valence-corrected chi connectivity index (χ3v) is 4.90. The van der Waals surface area contributed by atoms with Gasteiger partial charge in [0.2, 0.25) is 0 Å². The molecule has 0 bridgehead atoms. The molecule has 1 heterocycles. The normalized spacial score (nSPS) is 13.7. The molecule has 2 aromatic carbocycles. The zero-order valence-corrected chi connectivity index (χ0v) is 14.9. The van der Waals surface area contributed by atoms with E-state index in [9.17, 15) is 9.18 Å². The highest BCUT2D eigenvalue weighted by Gasteiger charge is 2.24. The van der Waals surface area contributed by atoms with E-state index in [2.05, 4.69) is 4.99 Å². The molecule has 0 aliphatic carbocycles. The largest absolute Gasteiger partial charge is 0.484 e. The standard InChI is InChI=1S/C18H16ClFN2O2S/c19-14-3-7-16(8-4-14)24-11-17(23)22-10-9-21-18(22)25-12-13-1-5-15(20)6-2-13/h1-8H,9-12H2. The number of hydrogen-bond donors (Lipinski definition) is 0. The lowest BCUT2D eigenvalue weighted by Crippen LogP contribution is -2.36. The summed E-state index contributed by atoms with van der Waals surface area (Å²) < 4.78 is 18.4. The first kappa shape index (κ1) is 17.8. The summed E-state index contributed by atoms with van der Waals surface area (Å²) in [5.74, 6) is 0.816. The molecule has 2 aromatic rings. The van der Waals surface area contributed by atoms with E-state index in [4.69, 9.17) is 16.3 Å². The Balaban J connectivity index is 1.52. The van der Waals surface area contributed by atoms with E-state index in [1.807, 2.05) is 0 Å². The average molecular weight is 379 g/mol. The molecule has 0 saturated heterocycles. The summed E-state index contributed by atoms with van der Waals surface area (Å²) >= 11 is 7.28. The smallest absolute Gasteiger partial charge is 0.266 e. The molecule has 0 atom stereocenters. The minimum atomic E-state index is -0.261. The summed E-state index contributed by atoms with van der Waals surface area (Å²) in [5, 5.41) is 1.29. The van der Waals surface area contributed by atoms with E-state index in [1.54, 1.807) is 41.3 Å². The van der Waals surface area contributed by atoms with Crippen LogP contribution in [0.15, 0.2) is 53.5 Å². The van der Waals surface area contributed by atoms with Crippen LogP contribution in [0.25, 0.3) is 0 Å². The molecular formula is C18H16ClFN2O2S. The number of thioether (sulfide) groups is 1. The lowest BCUT2D eigenvalue weighted by atomic mass is 10.2. The number of halogens is 2. The van der Waals surface area contributed by atoms with Crippen LogP contribution in [-0.4, -0.2) is 35.7 Å². The third-order valence-electron chi connectivity index (χ3n) is 3.56. The fourth-order valence-corrected chi connectivity index (χ4v) is 3.41. The van der Waals surface area contributed by atoms with Gasteiger partial charge in [-0.05, 0) is 42.0 Å². The summed E-state index contributed by atoms with van der Waals surface area (Å²) in [7, 11) is 0. The van der Waals surface area contributed by atoms with Gasteiger partial charge in [-0.25, -0.2) is 4.39 Å². The number of hydrogen-bond acceptors (Lipinski definition) is 4. The molecule has 0 N–H and O–H groups in total. The second-order valence-corrected chi connectivity index (χ2v) is 6.75. The summed E-state index contributed by atoms with van der Waals surface area (Å²) in [5.41, 5.74) is 0.978. The van der Waals surface area contributed by atoms with Gasteiger partial charge in [0.1, 0.15) is 11.6 Å². The molecule has 1 aliphatic heterocycles. The number of aliphatic imine (C=N–C) groups is 1. The Hall–Kier alpha value is -2.05. The molecule has 4 nitrogen and oxygen atoms in total. The number of benzene rings is 2. The van der Waals surface area contributed by atoms with Gasteiger partial charge in [0.25, 0.3) is 5.91 Å². The molecule has 1 amide bonds. The molecule has 0 saturated carbocycles. The number of amides is 1. The van der Waals surface area contributed by atoms with E-state index in [1.165, 1.54) is 23.9 Å². The molecule has 1 aliphatic rings.